The van der Waals surface area contributed by atoms with Crippen LogP contribution in [0.3, 0.4) is 0 Å². The number of likely N-dealkylation sites (tertiary alicyclic amines) is 1. The van der Waals surface area contributed by atoms with Crippen molar-refractivity contribution >= 4 is 17.5 Å². The van der Waals surface area contributed by atoms with E-state index in [0.717, 1.165) is 6.42 Å². The molecule has 1 aromatic rings. The van der Waals surface area contributed by atoms with Gasteiger partial charge >= 0.3 is 0 Å². The van der Waals surface area contributed by atoms with E-state index in [1.807, 2.05) is 11.8 Å². The van der Waals surface area contributed by atoms with Crippen molar-refractivity contribution in [2.24, 2.45) is 5.92 Å². The summed E-state index contributed by atoms with van der Waals surface area (Å²) in [6, 6.07) is 5.88. The number of piperidine rings is 1. The van der Waals surface area contributed by atoms with Gasteiger partial charge in [-0.2, -0.15) is 0 Å². The lowest BCUT2D eigenvalue weighted by Crippen LogP contribution is -2.41. The topological polar surface area (TPSA) is 49.4 Å². The fourth-order valence-electron chi connectivity index (χ4n) is 2.57. The summed E-state index contributed by atoms with van der Waals surface area (Å²) >= 11 is 0. The van der Waals surface area contributed by atoms with Crippen LogP contribution in [-0.4, -0.2) is 29.8 Å². The SMILES string of the molecule is CCCC(=O)N1CCC(C(=O)Nc2cccc(F)c2)CC1. The Morgan fingerprint density at radius 1 is 1.33 bits per heavy atom. The van der Waals surface area contributed by atoms with Gasteiger partial charge in [-0.15, -0.1) is 0 Å². The molecule has 1 heterocycles. The monoisotopic (exact) mass is 292 g/mol. The molecule has 4 nitrogen and oxygen atoms in total. The van der Waals surface area contributed by atoms with Crippen LogP contribution in [0.4, 0.5) is 10.1 Å². The van der Waals surface area contributed by atoms with E-state index < -0.39 is 0 Å². The maximum atomic E-state index is 13.1. The second kappa shape index (κ2) is 7.20. The third kappa shape index (κ3) is 4.28. The highest BCUT2D eigenvalue weighted by Crippen LogP contribution is 2.20. The Labute approximate surface area is 124 Å². The zero-order valence-corrected chi connectivity index (χ0v) is 12.3. The summed E-state index contributed by atoms with van der Waals surface area (Å²) in [5.74, 6) is -0.406. The maximum Gasteiger partial charge on any atom is 0.227 e. The second-order valence-electron chi connectivity index (χ2n) is 5.40. The number of hydrogen-bond acceptors (Lipinski definition) is 2. The fraction of sp³-hybridized carbons (Fsp3) is 0.500. The molecular formula is C16H21FN2O2. The van der Waals surface area contributed by atoms with Crippen LogP contribution in [0, 0.1) is 11.7 Å². The summed E-state index contributed by atoms with van der Waals surface area (Å²) in [5.41, 5.74) is 0.476. The molecule has 21 heavy (non-hydrogen) atoms. The normalized spacial score (nSPS) is 15.8. The zero-order valence-electron chi connectivity index (χ0n) is 12.3. The first-order valence-electron chi connectivity index (χ1n) is 7.44. The number of rotatable bonds is 4. The van der Waals surface area contributed by atoms with Crippen molar-refractivity contribution in [1.82, 2.24) is 4.90 Å². The Bertz CT molecular complexity index is 511. The molecule has 0 spiro atoms. The molecule has 0 aliphatic carbocycles. The van der Waals surface area contributed by atoms with Crippen molar-refractivity contribution in [2.45, 2.75) is 32.6 Å². The molecule has 2 amide bonds. The molecule has 1 aromatic carbocycles. The van der Waals surface area contributed by atoms with Crippen molar-refractivity contribution in [3.05, 3.63) is 30.1 Å². The average Bonchev–Trinajstić information content (AvgIpc) is 2.47. The molecule has 5 heteroatoms. The molecule has 114 valence electrons. The Balaban J connectivity index is 1.84. The van der Waals surface area contributed by atoms with Crippen LogP contribution in [0.2, 0.25) is 0 Å². The van der Waals surface area contributed by atoms with Crippen LogP contribution in [0.25, 0.3) is 0 Å². The minimum atomic E-state index is -0.368. The molecule has 0 radical (unpaired) electrons. The smallest absolute Gasteiger partial charge is 0.227 e. The van der Waals surface area contributed by atoms with E-state index in [9.17, 15) is 14.0 Å². The van der Waals surface area contributed by atoms with Gasteiger partial charge in [0, 0.05) is 31.1 Å². The average molecular weight is 292 g/mol. The van der Waals surface area contributed by atoms with Crippen molar-refractivity contribution in [1.29, 1.82) is 0 Å². The first-order valence-corrected chi connectivity index (χ1v) is 7.44. The largest absolute Gasteiger partial charge is 0.343 e. The summed E-state index contributed by atoms with van der Waals surface area (Å²) in [6.45, 7) is 3.23. The lowest BCUT2D eigenvalue weighted by atomic mass is 9.95. The highest BCUT2D eigenvalue weighted by Gasteiger charge is 2.26. The molecule has 1 saturated heterocycles. The molecular weight excluding hydrogens is 271 g/mol. The number of amides is 2. The quantitative estimate of drug-likeness (QED) is 0.927. The van der Waals surface area contributed by atoms with Crippen molar-refractivity contribution < 1.29 is 14.0 Å². The Kier molecular flexibility index (Phi) is 5.31. The molecule has 1 N–H and O–H groups in total. The van der Waals surface area contributed by atoms with E-state index in [-0.39, 0.29) is 23.5 Å². The van der Waals surface area contributed by atoms with Crippen LogP contribution in [0.1, 0.15) is 32.6 Å². The summed E-state index contributed by atoms with van der Waals surface area (Å²) in [6.07, 6.45) is 2.74. The third-order valence-electron chi connectivity index (χ3n) is 3.77. The first kappa shape index (κ1) is 15.5. The summed E-state index contributed by atoms with van der Waals surface area (Å²) in [4.78, 5) is 25.8. The van der Waals surface area contributed by atoms with E-state index >= 15 is 0 Å². The highest BCUT2D eigenvalue weighted by molar-refractivity contribution is 5.92. The number of benzene rings is 1. The third-order valence-corrected chi connectivity index (χ3v) is 3.77. The molecule has 0 atom stereocenters. The van der Waals surface area contributed by atoms with Gasteiger partial charge in [0.15, 0.2) is 0 Å². The number of halogens is 1. The summed E-state index contributed by atoms with van der Waals surface area (Å²) in [7, 11) is 0. The molecule has 2 rings (SSSR count). The number of carbonyl (C=O) groups excluding carboxylic acids is 2. The molecule has 0 aromatic heterocycles. The first-order chi connectivity index (χ1) is 10.1. The summed E-state index contributed by atoms with van der Waals surface area (Å²) in [5, 5.41) is 2.74. The van der Waals surface area contributed by atoms with Crippen LogP contribution < -0.4 is 5.32 Å². The molecule has 1 fully saturated rings. The summed E-state index contributed by atoms with van der Waals surface area (Å²) < 4.78 is 13.1. The van der Waals surface area contributed by atoms with Gasteiger partial charge in [0.2, 0.25) is 11.8 Å². The lowest BCUT2D eigenvalue weighted by molar-refractivity contribution is -0.134. The predicted octanol–water partition coefficient (Wildman–Crippen LogP) is 2.80. The van der Waals surface area contributed by atoms with Crippen LogP contribution in [0.5, 0.6) is 0 Å². The Morgan fingerprint density at radius 2 is 2.05 bits per heavy atom. The lowest BCUT2D eigenvalue weighted by Gasteiger charge is -2.31. The maximum absolute atomic E-state index is 13.1. The number of hydrogen-bond donors (Lipinski definition) is 1. The predicted molar refractivity (Wildman–Crippen MR) is 79.2 cm³/mol. The second-order valence-corrected chi connectivity index (χ2v) is 5.40. The number of nitrogens with one attached hydrogen (secondary N) is 1. The Morgan fingerprint density at radius 3 is 2.67 bits per heavy atom. The van der Waals surface area contributed by atoms with E-state index in [1.165, 1.54) is 12.1 Å². The van der Waals surface area contributed by atoms with E-state index in [1.54, 1.807) is 12.1 Å². The molecule has 1 aliphatic heterocycles. The minimum absolute atomic E-state index is 0.0943. The minimum Gasteiger partial charge on any atom is -0.343 e. The molecule has 1 aliphatic rings. The molecule has 0 unspecified atom stereocenters. The van der Waals surface area contributed by atoms with E-state index in [4.69, 9.17) is 0 Å². The molecule has 0 saturated carbocycles. The van der Waals surface area contributed by atoms with Gasteiger partial charge in [-0.25, -0.2) is 4.39 Å². The Hall–Kier alpha value is -1.91. The van der Waals surface area contributed by atoms with Gasteiger partial charge in [0.05, 0.1) is 0 Å². The number of carbonyl (C=O) groups is 2. The standard InChI is InChI=1S/C16H21FN2O2/c1-2-4-15(20)19-9-7-12(8-10-19)16(21)18-14-6-3-5-13(17)11-14/h3,5-6,11-12H,2,4,7-10H2,1H3,(H,18,21). The van der Waals surface area contributed by atoms with Crippen molar-refractivity contribution in [2.75, 3.05) is 18.4 Å². The van der Waals surface area contributed by atoms with Gasteiger partial charge in [-0.05, 0) is 37.5 Å². The van der Waals surface area contributed by atoms with Gasteiger partial charge in [0.25, 0.3) is 0 Å². The van der Waals surface area contributed by atoms with Crippen molar-refractivity contribution in [3.8, 4) is 0 Å². The van der Waals surface area contributed by atoms with Gasteiger partial charge < -0.3 is 10.2 Å². The zero-order chi connectivity index (χ0) is 15.2. The van der Waals surface area contributed by atoms with E-state index in [0.29, 0.717) is 38.0 Å². The number of anilines is 1. The molecule has 0 bridgehead atoms. The highest BCUT2D eigenvalue weighted by atomic mass is 19.1. The van der Waals surface area contributed by atoms with Gasteiger partial charge in [-0.1, -0.05) is 13.0 Å². The van der Waals surface area contributed by atoms with Crippen LogP contribution in [-0.2, 0) is 9.59 Å². The van der Waals surface area contributed by atoms with E-state index in [2.05, 4.69) is 5.32 Å². The van der Waals surface area contributed by atoms with Gasteiger partial charge in [-0.3, -0.25) is 9.59 Å². The van der Waals surface area contributed by atoms with Crippen LogP contribution >= 0.6 is 0 Å². The number of nitrogens with zero attached hydrogens (tertiary/aromatic N) is 1. The van der Waals surface area contributed by atoms with Crippen LogP contribution in [0.15, 0.2) is 24.3 Å². The van der Waals surface area contributed by atoms with Gasteiger partial charge in [0.1, 0.15) is 5.82 Å². The fourth-order valence-corrected chi connectivity index (χ4v) is 2.57. The van der Waals surface area contributed by atoms with Crippen molar-refractivity contribution in [3.63, 3.8) is 0 Å².